The van der Waals surface area contributed by atoms with Gasteiger partial charge in [0, 0.05) is 25.6 Å². The number of carbonyl (C=O) groups is 1. The van der Waals surface area contributed by atoms with Crippen molar-refractivity contribution in [1.82, 2.24) is 15.2 Å². The highest BCUT2D eigenvalue weighted by atomic mass is 32.1. The summed E-state index contributed by atoms with van der Waals surface area (Å²) in [6, 6.07) is 11.2. The lowest BCUT2D eigenvalue weighted by Crippen LogP contribution is -2.42. The predicted octanol–water partition coefficient (Wildman–Crippen LogP) is 5.88. The van der Waals surface area contributed by atoms with E-state index < -0.39 is 0 Å². The zero-order valence-electron chi connectivity index (χ0n) is 22.9. The fraction of sp³-hybridized carbons (Fsp3) is 0.548. The fourth-order valence-corrected chi connectivity index (χ4v) is 6.61. The molecule has 0 bridgehead atoms. The van der Waals surface area contributed by atoms with Crippen molar-refractivity contribution in [3.63, 3.8) is 0 Å². The number of hydrogen-bond acceptors (Lipinski definition) is 6. The molecule has 0 unspecified atom stereocenters. The monoisotopic (exact) mass is 553 g/mol. The third-order valence-electron chi connectivity index (χ3n) is 7.84. The summed E-state index contributed by atoms with van der Waals surface area (Å²) in [5.74, 6) is 0.660. The topological polar surface area (TPSA) is 106 Å². The lowest BCUT2D eigenvalue weighted by molar-refractivity contribution is -0.134. The van der Waals surface area contributed by atoms with E-state index in [1.807, 2.05) is 18.2 Å². The number of nitrogens with one attached hydrogen (secondary N) is 2. The van der Waals surface area contributed by atoms with Gasteiger partial charge in [0.1, 0.15) is 17.0 Å². The van der Waals surface area contributed by atoms with Crippen molar-refractivity contribution in [3.8, 4) is 11.5 Å². The molecule has 0 saturated heterocycles. The maximum absolute atomic E-state index is 13.4. The second-order valence-electron chi connectivity index (χ2n) is 10.8. The number of aromatic amines is 1. The van der Waals surface area contributed by atoms with Gasteiger partial charge in [0.2, 0.25) is 5.91 Å². The lowest BCUT2D eigenvalue weighted by atomic mass is 9.95. The number of phenolic OH excluding ortho intramolecular Hbond substituents is 2. The standard InChI is InChI=1S/C31H43N3O4S/c35-26-14-9-10-23(22-26)17-19-32-20-18-28(37)34(25-12-6-2-1-3-7-13-25)21-8-4-5-11-24-15-16-27(36)29-30(24)39-31(38)33-29/h9-10,14-16,22,25,32,35-36H,1-8,11-13,17-21H2,(H,33,38). The average Bonchev–Trinajstić information content (AvgIpc) is 3.30. The van der Waals surface area contributed by atoms with Crippen LogP contribution in [-0.2, 0) is 17.6 Å². The zero-order valence-corrected chi connectivity index (χ0v) is 23.7. The first-order chi connectivity index (χ1) is 19.0. The molecule has 39 heavy (non-hydrogen) atoms. The number of unbranched alkanes of at least 4 members (excludes halogenated alkanes) is 2. The molecule has 212 valence electrons. The third kappa shape index (κ3) is 8.83. The number of amides is 1. The van der Waals surface area contributed by atoms with Gasteiger partial charge < -0.3 is 25.4 Å². The number of carbonyl (C=O) groups excluding carboxylic acids is 1. The summed E-state index contributed by atoms with van der Waals surface area (Å²) in [5.41, 5.74) is 2.72. The Morgan fingerprint density at radius 3 is 2.56 bits per heavy atom. The van der Waals surface area contributed by atoms with Crippen molar-refractivity contribution < 1.29 is 15.0 Å². The molecule has 4 rings (SSSR count). The molecule has 1 aliphatic carbocycles. The highest BCUT2D eigenvalue weighted by Crippen LogP contribution is 2.29. The van der Waals surface area contributed by atoms with E-state index in [1.54, 1.807) is 18.2 Å². The van der Waals surface area contributed by atoms with Gasteiger partial charge in [-0.2, -0.15) is 0 Å². The largest absolute Gasteiger partial charge is 0.508 e. The molecule has 1 heterocycles. The molecule has 7 nitrogen and oxygen atoms in total. The molecule has 1 fully saturated rings. The minimum Gasteiger partial charge on any atom is -0.508 e. The normalized spacial score (nSPS) is 14.8. The molecule has 2 aromatic carbocycles. The summed E-state index contributed by atoms with van der Waals surface area (Å²) in [4.78, 5) is 29.9. The molecule has 0 aliphatic heterocycles. The van der Waals surface area contributed by atoms with Crippen LogP contribution in [0.3, 0.4) is 0 Å². The van der Waals surface area contributed by atoms with Crippen LogP contribution < -0.4 is 10.2 Å². The van der Waals surface area contributed by atoms with Crippen molar-refractivity contribution in [2.24, 2.45) is 0 Å². The SMILES string of the molecule is O=C(CCNCCc1cccc(O)c1)N(CCCCCc1ccc(O)c2[nH]c(=O)sc12)C1CCCCCCC1. The summed E-state index contributed by atoms with van der Waals surface area (Å²) in [6.07, 6.45) is 13.6. The molecule has 3 aromatic rings. The van der Waals surface area contributed by atoms with Crippen LogP contribution in [0.4, 0.5) is 0 Å². The Labute approximate surface area is 235 Å². The highest BCUT2D eigenvalue weighted by Gasteiger charge is 2.23. The van der Waals surface area contributed by atoms with Crippen LogP contribution >= 0.6 is 11.3 Å². The van der Waals surface area contributed by atoms with Crippen LogP contribution in [0.2, 0.25) is 0 Å². The number of aromatic hydroxyl groups is 2. The van der Waals surface area contributed by atoms with Crippen molar-refractivity contribution in [1.29, 1.82) is 0 Å². The smallest absolute Gasteiger partial charge is 0.305 e. The molecule has 1 saturated carbocycles. The Hall–Kier alpha value is -2.84. The zero-order chi connectivity index (χ0) is 27.5. The molecule has 0 radical (unpaired) electrons. The number of thiazole rings is 1. The van der Waals surface area contributed by atoms with Gasteiger partial charge in [-0.15, -0.1) is 0 Å². The van der Waals surface area contributed by atoms with Gasteiger partial charge in [-0.25, -0.2) is 0 Å². The third-order valence-corrected chi connectivity index (χ3v) is 8.79. The van der Waals surface area contributed by atoms with Crippen LogP contribution in [0.5, 0.6) is 11.5 Å². The maximum Gasteiger partial charge on any atom is 0.305 e. The summed E-state index contributed by atoms with van der Waals surface area (Å²) in [7, 11) is 0. The molecule has 1 aliphatic rings. The number of aromatic nitrogens is 1. The van der Waals surface area contributed by atoms with Crippen molar-refractivity contribution >= 4 is 27.5 Å². The second-order valence-corrected chi connectivity index (χ2v) is 11.8. The Balaban J connectivity index is 1.25. The van der Waals surface area contributed by atoms with Crippen molar-refractivity contribution in [2.75, 3.05) is 19.6 Å². The number of benzene rings is 2. The van der Waals surface area contributed by atoms with E-state index in [0.717, 1.165) is 85.2 Å². The highest BCUT2D eigenvalue weighted by molar-refractivity contribution is 7.16. The number of nitrogens with zero attached hydrogens (tertiary/aromatic N) is 1. The van der Waals surface area contributed by atoms with E-state index >= 15 is 0 Å². The molecule has 0 spiro atoms. The van der Waals surface area contributed by atoms with Gasteiger partial charge >= 0.3 is 4.87 Å². The molecule has 1 aromatic heterocycles. The van der Waals surface area contributed by atoms with E-state index in [4.69, 9.17) is 0 Å². The van der Waals surface area contributed by atoms with Crippen LogP contribution in [0.1, 0.15) is 81.8 Å². The minimum atomic E-state index is -0.144. The van der Waals surface area contributed by atoms with Crippen molar-refractivity contribution in [2.45, 2.75) is 89.5 Å². The first-order valence-electron chi connectivity index (χ1n) is 14.6. The van der Waals surface area contributed by atoms with E-state index in [1.165, 1.54) is 32.1 Å². The maximum atomic E-state index is 13.4. The summed E-state index contributed by atoms with van der Waals surface area (Å²) in [5, 5.41) is 23.1. The second kappa shape index (κ2) is 15.1. The molecular formula is C31H43N3O4S. The van der Waals surface area contributed by atoms with Gasteiger partial charge in [0.05, 0.1) is 4.70 Å². The molecule has 1 amide bonds. The van der Waals surface area contributed by atoms with Gasteiger partial charge in [-0.05, 0) is 74.4 Å². The number of H-pyrrole nitrogens is 1. The first-order valence-corrected chi connectivity index (χ1v) is 15.4. The Morgan fingerprint density at radius 2 is 1.77 bits per heavy atom. The van der Waals surface area contributed by atoms with Crippen LogP contribution in [0, 0.1) is 0 Å². The summed E-state index contributed by atoms with van der Waals surface area (Å²) >= 11 is 1.16. The predicted molar refractivity (Wildman–Crippen MR) is 159 cm³/mol. The summed E-state index contributed by atoms with van der Waals surface area (Å²) < 4.78 is 0.850. The number of hydrogen-bond donors (Lipinski definition) is 4. The number of fused-ring (bicyclic) bond motifs is 1. The molecule has 4 N–H and O–H groups in total. The molecular weight excluding hydrogens is 510 g/mol. The lowest BCUT2D eigenvalue weighted by Gasteiger charge is -2.33. The fourth-order valence-electron chi connectivity index (χ4n) is 5.71. The Bertz CT molecular complexity index is 1250. The van der Waals surface area contributed by atoms with Crippen LogP contribution in [0.25, 0.3) is 10.2 Å². The van der Waals surface area contributed by atoms with Gasteiger partial charge in [0.25, 0.3) is 0 Å². The van der Waals surface area contributed by atoms with E-state index in [9.17, 15) is 19.8 Å². The van der Waals surface area contributed by atoms with Gasteiger partial charge in [-0.1, -0.05) is 68.1 Å². The Kier molecular flexibility index (Phi) is 11.3. The number of rotatable bonds is 13. The van der Waals surface area contributed by atoms with Gasteiger partial charge in [-0.3, -0.25) is 9.59 Å². The van der Waals surface area contributed by atoms with Crippen LogP contribution in [-0.4, -0.2) is 51.7 Å². The Morgan fingerprint density at radius 1 is 0.974 bits per heavy atom. The quantitative estimate of drug-likeness (QED) is 0.198. The van der Waals surface area contributed by atoms with E-state index in [0.29, 0.717) is 24.5 Å². The number of phenols is 2. The van der Waals surface area contributed by atoms with Crippen LogP contribution in [0.15, 0.2) is 41.2 Å². The van der Waals surface area contributed by atoms with E-state index in [-0.39, 0.29) is 22.3 Å². The number of aryl methyl sites for hydroxylation is 1. The summed E-state index contributed by atoms with van der Waals surface area (Å²) in [6.45, 7) is 2.24. The van der Waals surface area contributed by atoms with Gasteiger partial charge in [0.15, 0.2) is 0 Å². The minimum absolute atomic E-state index is 0.120. The first kappa shape index (κ1) is 29.2. The average molecular weight is 554 g/mol. The molecule has 0 atom stereocenters. The molecule has 8 heteroatoms. The van der Waals surface area contributed by atoms with E-state index in [2.05, 4.69) is 15.2 Å². The van der Waals surface area contributed by atoms with Crippen molar-refractivity contribution in [3.05, 3.63) is 57.2 Å².